The number of carbonyl (C=O) groups excluding carboxylic acids is 1. The Labute approximate surface area is 141 Å². The first-order valence-corrected chi connectivity index (χ1v) is 8.23. The molecule has 6 nitrogen and oxygen atoms in total. The second-order valence-electron chi connectivity index (χ2n) is 5.37. The fourth-order valence-electron chi connectivity index (χ4n) is 2.69. The minimum atomic E-state index is -0.664. The van der Waals surface area contributed by atoms with Gasteiger partial charge in [-0.1, -0.05) is 6.07 Å². The molecule has 1 aromatic carbocycles. The van der Waals surface area contributed by atoms with Gasteiger partial charge in [-0.2, -0.15) is 0 Å². The Morgan fingerprint density at radius 3 is 2.75 bits per heavy atom. The first-order chi connectivity index (χ1) is 11.6. The van der Waals surface area contributed by atoms with Crippen molar-refractivity contribution in [2.45, 2.75) is 6.54 Å². The van der Waals surface area contributed by atoms with Crippen LogP contribution in [-0.2, 0) is 6.54 Å². The summed E-state index contributed by atoms with van der Waals surface area (Å²) in [6.45, 7) is 1.31. The smallest absolute Gasteiger partial charge is 0.286 e. The lowest BCUT2D eigenvalue weighted by Gasteiger charge is -2.07. The average molecular weight is 341 g/mol. The number of thiophene rings is 1. The molecule has 0 bridgehead atoms. The van der Waals surface area contributed by atoms with Crippen LogP contribution < -0.4 is 16.2 Å². The van der Waals surface area contributed by atoms with Crippen LogP contribution in [0.3, 0.4) is 0 Å². The van der Waals surface area contributed by atoms with Crippen LogP contribution >= 0.6 is 11.3 Å². The number of rotatable bonds is 5. The summed E-state index contributed by atoms with van der Waals surface area (Å²) in [5, 5.41) is 0.868. The molecule has 0 aliphatic carbocycles. The second-order valence-corrected chi connectivity index (χ2v) is 6.39. The molecule has 0 aliphatic rings. The molecule has 1 amide bonds. The van der Waals surface area contributed by atoms with E-state index in [0.29, 0.717) is 12.2 Å². The van der Waals surface area contributed by atoms with Gasteiger partial charge in [0.15, 0.2) is 5.58 Å². The number of nitrogens with zero attached hydrogens (tertiary/aromatic N) is 1. The third-order valence-electron chi connectivity index (χ3n) is 3.82. The van der Waals surface area contributed by atoms with Crippen LogP contribution in [0.4, 0.5) is 5.69 Å². The lowest BCUT2D eigenvalue weighted by molar-refractivity contribution is 0.0977. The van der Waals surface area contributed by atoms with Crippen molar-refractivity contribution in [2.75, 3.05) is 12.3 Å². The van der Waals surface area contributed by atoms with Crippen molar-refractivity contribution < 1.29 is 13.9 Å². The van der Waals surface area contributed by atoms with Gasteiger partial charge in [-0.25, -0.2) is 0 Å². The molecular formula is C17H15N3O3S. The molecule has 7 heteroatoms. The number of hydrogen-bond donors (Lipinski definition) is 2. The Kier molecular flexibility index (Phi) is 3.42. The van der Waals surface area contributed by atoms with E-state index in [1.165, 1.54) is 11.3 Å². The summed E-state index contributed by atoms with van der Waals surface area (Å²) in [4.78, 5) is 11.4. The fourth-order valence-corrected chi connectivity index (χ4v) is 3.84. The summed E-state index contributed by atoms with van der Waals surface area (Å²) < 4.78 is 15.2. The van der Waals surface area contributed by atoms with Crippen LogP contribution in [0.15, 0.2) is 47.1 Å². The molecule has 3 heterocycles. The summed E-state index contributed by atoms with van der Waals surface area (Å²) in [6, 6.07) is 9.68. The minimum absolute atomic E-state index is 0.0112. The molecule has 4 N–H and O–H groups in total. The normalized spacial score (nSPS) is 11.3. The maximum Gasteiger partial charge on any atom is 0.286 e. The zero-order valence-electron chi connectivity index (χ0n) is 12.7. The number of nitrogen functional groups attached to an aromatic ring is 1. The van der Waals surface area contributed by atoms with Gasteiger partial charge in [0.05, 0.1) is 15.9 Å². The quantitative estimate of drug-likeness (QED) is 0.582. The van der Waals surface area contributed by atoms with E-state index < -0.39 is 5.91 Å². The van der Waals surface area contributed by atoms with Crippen molar-refractivity contribution in [3.63, 3.8) is 0 Å². The standard InChI is InChI=1S/C17H15N3O3S/c18-12-14(17(19)21)23-13-10-4-3-5-11(15(10)24-16(12)13)22-9-8-20-6-1-2-7-20/h1-7H,8-9,18H2,(H2,19,21). The van der Waals surface area contributed by atoms with Crippen LogP contribution in [0, 0.1) is 0 Å². The van der Waals surface area contributed by atoms with Gasteiger partial charge in [0, 0.05) is 17.8 Å². The molecule has 0 aliphatic heterocycles. The van der Waals surface area contributed by atoms with Crippen LogP contribution in [0.2, 0.25) is 0 Å². The molecular weight excluding hydrogens is 326 g/mol. The van der Waals surface area contributed by atoms with Crippen molar-refractivity contribution in [3.8, 4) is 5.75 Å². The number of primary amides is 1. The Morgan fingerprint density at radius 1 is 1.21 bits per heavy atom. The summed E-state index contributed by atoms with van der Waals surface area (Å²) in [6.07, 6.45) is 3.99. The van der Waals surface area contributed by atoms with E-state index in [9.17, 15) is 4.79 Å². The zero-order chi connectivity index (χ0) is 16.7. The van der Waals surface area contributed by atoms with E-state index >= 15 is 0 Å². The third-order valence-corrected chi connectivity index (χ3v) is 5.06. The molecule has 0 saturated carbocycles. The number of carbonyl (C=O) groups is 1. The first-order valence-electron chi connectivity index (χ1n) is 7.42. The third kappa shape index (κ3) is 2.30. The van der Waals surface area contributed by atoms with Crippen molar-refractivity contribution >= 4 is 43.3 Å². The Balaban J connectivity index is 1.69. The van der Waals surface area contributed by atoms with Crippen LogP contribution in [-0.4, -0.2) is 17.1 Å². The zero-order valence-corrected chi connectivity index (χ0v) is 13.5. The molecule has 0 atom stereocenters. The Bertz CT molecular complexity index is 1030. The molecule has 0 unspecified atom stereocenters. The van der Waals surface area contributed by atoms with Gasteiger partial charge in [0.2, 0.25) is 5.76 Å². The molecule has 0 saturated heterocycles. The molecule has 4 aromatic rings. The predicted octanol–water partition coefficient (Wildman–Crippen LogP) is 3.21. The number of furan rings is 1. The number of hydrogen-bond acceptors (Lipinski definition) is 5. The number of amides is 1. The maximum atomic E-state index is 11.4. The molecule has 4 rings (SSSR count). The minimum Gasteiger partial charge on any atom is -0.490 e. The maximum absolute atomic E-state index is 11.4. The second kappa shape index (κ2) is 5.61. The van der Waals surface area contributed by atoms with Crippen molar-refractivity contribution in [1.29, 1.82) is 0 Å². The summed E-state index contributed by atoms with van der Waals surface area (Å²) in [7, 11) is 0. The number of nitrogens with two attached hydrogens (primary N) is 2. The van der Waals surface area contributed by atoms with E-state index in [0.717, 1.165) is 27.1 Å². The van der Waals surface area contributed by atoms with Gasteiger partial charge in [0.1, 0.15) is 18.0 Å². The highest BCUT2D eigenvalue weighted by Crippen LogP contribution is 2.44. The fraction of sp³-hybridized carbons (Fsp3) is 0.118. The highest BCUT2D eigenvalue weighted by molar-refractivity contribution is 7.26. The lowest BCUT2D eigenvalue weighted by Crippen LogP contribution is -2.11. The molecule has 0 radical (unpaired) electrons. The van der Waals surface area contributed by atoms with E-state index in [1.54, 1.807) is 0 Å². The van der Waals surface area contributed by atoms with E-state index in [4.69, 9.17) is 20.6 Å². The van der Waals surface area contributed by atoms with Crippen molar-refractivity contribution in [1.82, 2.24) is 4.57 Å². The SMILES string of the molecule is NC(=O)c1oc2c(sc3c(OCCn4cccc4)cccc32)c1N. The predicted molar refractivity (Wildman–Crippen MR) is 94.5 cm³/mol. The highest BCUT2D eigenvalue weighted by atomic mass is 32.1. The Hall–Kier alpha value is -2.93. The summed E-state index contributed by atoms with van der Waals surface area (Å²) >= 11 is 1.44. The largest absolute Gasteiger partial charge is 0.490 e. The molecule has 122 valence electrons. The first kappa shape index (κ1) is 14.6. The Morgan fingerprint density at radius 2 is 2.00 bits per heavy atom. The van der Waals surface area contributed by atoms with Gasteiger partial charge in [-0.05, 0) is 24.3 Å². The number of aromatic nitrogens is 1. The van der Waals surface area contributed by atoms with Gasteiger partial charge in [0.25, 0.3) is 5.91 Å². The number of anilines is 1. The summed E-state index contributed by atoms with van der Waals surface area (Å²) in [5.74, 6) is 0.122. The summed E-state index contributed by atoms with van der Waals surface area (Å²) in [5.41, 5.74) is 12.1. The number of ether oxygens (including phenoxy) is 1. The average Bonchev–Trinajstić information content (AvgIpc) is 3.25. The van der Waals surface area contributed by atoms with Crippen LogP contribution in [0.5, 0.6) is 5.75 Å². The van der Waals surface area contributed by atoms with Crippen LogP contribution in [0.25, 0.3) is 20.4 Å². The monoisotopic (exact) mass is 341 g/mol. The molecule has 3 aromatic heterocycles. The molecule has 0 fully saturated rings. The van der Waals surface area contributed by atoms with E-state index in [1.807, 2.05) is 42.7 Å². The van der Waals surface area contributed by atoms with Crippen LogP contribution in [0.1, 0.15) is 10.6 Å². The van der Waals surface area contributed by atoms with E-state index in [2.05, 4.69) is 4.57 Å². The van der Waals surface area contributed by atoms with Gasteiger partial charge < -0.3 is 25.2 Å². The lowest BCUT2D eigenvalue weighted by atomic mass is 10.2. The molecule has 0 spiro atoms. The van der Waals surface area contributed by atoms with Crippen molar-refractivity contribution in [3.05, 3.63) is 48.5 Å². The van der Waals surface area contributed by atoms with E-state index in [-0.39, 0.29) is 11.4 Å². The molecule has 24 heavy (non-hydrogen) atoms. The number of fused-ring (bicyclic) bond motifs is 3. The van der Waals surface area contributed by atoms with Crippen molar-refractivity contribution in [2.24, 2.45) is 5.73 Å². The highest BCUT2D eigenvalue weighted by Gasteiger charge is 2.21. The topological polar surface area (TPSA) is 96.4 Å². The van der Waals surface area contributed by atoms with Gasteiger partial charge in [-0.3, -0.25) is 4.79 Å². The van der Waals surface area contributed by atoms with Gasteiger partial charge >= 0.3 is 0 Å². The number of benzene rings is 1. The van der Waals surface area contributed by atoms with Gasteiger partial charge in [-0.15, -0.1) is 11.3 Å².